The van der Waals surface area contributed by atoms with Crippen molar-refractivity contribution in [3.05, 3.63) is 58.6 Å². The molecule has 4 nitrogen and oxygen atoms in total. The molecule has 0 aliphatic carbocycles. The summed E-state index contributed by atoms with van der Waals surface area (Å²) in [7, 11) is 0. The Labute approximate surface area is 183 Å². The summed E-state index contributed by atoms with van der Waals surface area (Å²) in [5.74, 6) is 0. The van der Waals surface area contributed by atoms with Crippen LogP contribution < -0.4 is 5.73 Å². The van der Waals surface area contributed by atoms with Crippen molar-refractivity contribution >= 4 is 28.2 Å². The zero-order valence-corrected chi connectivity index (χ0v) is 18.2. The molecule has 2 N–H and O–H groups in total. The minimum atomic E-state index is 0.684. The summed E-state index contributed by atoms with van der Waals surface area (Å²) < 4.78 is 0. The van der Waals surface area contributed by atoms with Crippen LogP contribution in [0.25, 0.3) is 22.2 Å². The molecule has 0 spiro atoms. The van der Waals surface area contributed by atoms with Gasteiger partial charge in [0.05, 0.1) is 11.2 Å². The van der Waals surface area contributed by atoms with Crippen molar-refractivity contribution in [3.63, 3.8) is 0 Å². The van der Waals surface area contributed by atoms with Gasteiger partial charge in [-0.15, -0.1) is 0 Å². The number of benzene rings is 2. The molecule has 0 atom stereocenters. The summed E-state index contributed by atoms with van der Waals surface area (Å²) in [5.41, 5.74) is 12.8. The Morgan fingerprint density at radius 2 is 1.40 bits per heavy atom. The maximum Gasteiger partial charge on any atom is 0.0745 e. The van der Waals surface area contributed by atoms with Crippen molar-refractivity contribution < 1.29 is 0 Å². The topological polar surface area (TPSA) is 45.4 Å². The van der Waals surface area contributed by atoms with Crippen LogP contribution in [0.4, 0.5) is 5.69 Å². The van der Waals surface area contributed by atoms with E-state index >= 15 is 0 Å². The Hall–Kier alpha value is -2.14. The first-order valence-electron chi connectivity index (χ1n) is 11.1. The predicted molar refractivity (Wildman–Crippen MR) is 126 cm³/mol. The van der Waals surface area contributed by atoms with E-state index < -0.39 is 0 Å². The first-order chi connectivity index (χ1) is 14.6. The molecule has 5 rings (SSSR count). The number of hydrogen-bond acceptors (Lipinski definition) is 4. The van der Waals surface area contributed by atoms with E-state index in [0.717, 1.165) is 40.9 Å². The van der Waals surface area contributed by atoms with E-state index in [4.69, 9.17) is 22.3 Å². The SMILES string of the molecule is Nc1cc(-c2cc(CN3CCCC3)cc(CN3CCCC3)c2)nc2cc(Cl)ccc12. The number of halogens is 1. The maximum atomic E-state index is 6.39. The van der Waals surface area contributed by atoms with Crippen LogP contribution in [0.3, 0.4) is 0 Å². The van der Waals surface area contributed by atoms with Crippen molar-refractivity contribution in [2.24, 2.45) is 0 Å². The van der Waals surface area contributed by atoms with Crippen molar-refractivity contribution in [2.75, 3.05) is 31.9 Å². The summed E-state index contributed by atoms with van der Waals surface area (Å²) in [6, 6.07) is 14.7. The van der Waals surface area contributed by atoms with Gasteiger partial charge < -0.3 is 5.73 Å². The first-order valence-corrected chi connectivity index (χ1v) is 11.5. The van der Waals surface area contributed by atoms with E-state index in [1.807, 2.05) is 24.3 Å². The normalized spacial score (nSPS) is 17.9. The largest absolute Gasteiger partial charge is 0.398 e. The smallest absolute Gasteiger partial charge is 0.0745 e. The number of hydrogen-bond donors (Lipinski definition) is 1. The number of nitrogen functional groups attached to an aromatic ring is 1. The van der Waals surface area contributed by atoms with Gasteiger partial charge in [-0.25, -0.2) is 4.98 Å². The van der Waals surface area contributed by atoms with Gasteiger partial charge in [-0.1, -0.05) is 17.7 Å². The molecular weight excluding hydrogens is 392 g/mol. The lowest BCUT2D eigenvalue weighted by molar-refractivity contribution is 0.326. The molecule has 156 valence electrons. The van der Waals surface area contributed by atoms with Gasteiger partial charge in [0, 0.05) is 34.7 Å². The van der Waals surface area contributed by atoms with Gasteiger partial charge in [-0.05, 0) is 99.4 Å². The molecule has 2 aromatic carbocycles. The molecule has 0 bridgehead atoms. The van der Waals surface area contributed by atoms with Gasteiger partial charge in [-0.3, -0.25) is 9.80 Å². The van der Waals surface area contributed by atoms with Gasteiger partial charge in [-0.2, -0.15) is 0 Å². The molecule has 0 unspecified atom stereocenters. The highest BCUT2D eigenvalue weighted by Crippen LogP contribution is 2.30. The highest BCUT2D eigenvalue weighted by atomic mass is 35.5. The monoisotopic (exact) mass is 420 g/mol. The number of rotatable bonds is 5. The summed E-state index contributed by atoms with van der Waals surface area (Å²) in [5, 5.41) is 1.64. The van der Waals surface area contributed by atoms with Crippen LogP contribution in [0, 0.1) is 0 Å². The Balaban J connectivity index is 1.54. The number of nitrogens with zero attached hydrogens (tertiary/aromatic N) is 3. The van der Waals surface area contributed by atoms with Crippen molar-refractivity contribution in [1.29, 1.82) is 0 Å². The van der Waals surface area contributed by atoms with E-state index in [-0.39, 0.29) is 0 Å². The Morgan fingerprint density at radius 1 is 0.800 bits per heavy atom. The number of likely N-dealkylation sites (tertiary alicyclic amines) is 2. The summed E-state index contributed by atoms with van der Waals surface area (Å²) >= 11 is 6.22. The highest BCUT2D eigenvalue weighted by Gasteiger charge is 2.16. The van der Waals surface area contributed by atoms with Gasteiger partial charge >= 0.3 is 0 Å². The van der Waals surface area contributed by atoms with Crippen molar-refractivity contribution in [2.45, 2.75) is 38.8 Å². The third-order valence-electron chi connectivity index (χ3n) is 6.36. The quantitative estimate of drug-likeness (QED) is 0.606. The minimum absolute atomic E-state index is 0.684. The molecule has 3 heterocycles. The van der Waals surface area contributed by atoms with E-state index in [1.54, 1.807) is 0 Å². The summed E-state index contributed by atoms with van der Waals surface area (Å²) in [6.07, 6.45) is 5.24. The predicted octanol–water partition coefficient (Wildman–Crippen LogP) is 5.33. The number of fused-ring (bicyclic) bond motifs is 1. The molecule has 3 aromatic rings. The lowest BCUT2D eigenvalue weighted by atomic mass is 10.0. The number of pyridine rings is 1. The van der Waals surface area contributed by atoms with Crippen LogP contribution in [0.5, 0.6) is 0 Å². The molecule has 2 aliphatic heterocycles. The molecule has 1 aromatic heterocycles. The lowest BCUT2D eigenvalue weighted by Gasteiger charge is -2.19. The summed E-state index contributed by atoms with van der Waals surface area (Å²) in [4.78, 5) is 10.0. The van der Waals surface area contributed by atoms with Crippen LogP contribution in [0.15, 0.2) is 42.5 Å². The standard InChI is InChI=1S/C25H29ClN4/c26-21-5-6-22-23(27)15-24(28-25(22)14-21)20-12-18(16-29-7-1-2-8-29)11-19(13-20)17-30-9-3-4-10-30/h5-6,11-15H,1-4,7-10,16-17H2,(H2,27,28). The average molecular weight is 421 g/mol. The van der Waals surface area contributed by atoms with Crippen LogP contribution >= 0.6 is 11.6 Å². The maximum absolute atomic E-state index is 6.39. The lowest BCUT2D eigenvalue weighted by Crippen LogP contribution is -2.20. The van der Waals surface area contributed by atoms with Gasteiger partial charge in [0.2, 0.25) is 0 Å². The third kappa shape index (κ3) is 4.31. The molecule has 2 saturated heterocycles. The third-order valence-corrected chi connectivity index (χ3v) is 6.60. The average Bonchev–Trinajstić information content (AvgIpc) is 3.42. The first kappa shape index (κ1) is 19.8. The molecule has 30 heavy (non-hydrogen) atoms. The molecule has 0 radical (unpaired) electrons. The van der Waals surface area contributed by atoms with Crippen molar-refractivity contribution in [1.82, 2.24) is 14.8 Å². The minimum Gasteiger partial charge on any atom is -0.398 e. The fraction of sp³-hybridized carbons (Fsp3) is 0.400. The Morgan fingerprint density at radius 3 is 2.00 bits per heavy atom. The van der Waals surface area contributed by atoms with Crippen molar-refractivity contribution in [3.8, 4) is 11.3 Å². The number of aromatic nitrogens is 1. The molecule has 2 fully saturated rings. The second-order valence-electron chi connectivity index (χ2n) is 8.76. The van der Waals surface area contributed by atoms with Crippen LogP contribution in [0.2, 0.25) is 5.02 Å². The van der Waals surface area contributed by atoms with E-state index in [0.29, 0.717) is 5.02 Å². The molecule has 0 amide bonds. The zero-order chi connectivity index (χ0) is 20.5. The van der Waals surface area contributed by atoms with Gasteiger partial charge in [0.15, 0.2) is 0 Å². The molecular formula is C25H29ClN4. The fourth-order valence-corrected chi connectivity index (χ4v) is 5.03. The van der Waals surface area contributed by atoms with Gasteiger partial charge in [0.25, 0.3) is 0 Å². The van der Waals surface area contributed by atoms with Crippen LogP contribution in [-0.4, -0.2) is 41.0 Å². The number of nitrogens with two attached hydrogens (primary N) is 1. The summed E-state index contributed by atoms with van der Waals surface area (Å²) in [6.45, 7) is 6.82. The van der Waals surface area contributed by atoms with E-state index in [9.17, 15) is 0 Å². The fourth-order valence-electron chi connectivity index (χ4n) is 4.87. The van der Waals surface area contributed by atoms with E-state index in [1.165, 1.54) is 63.0 Å². The highest BCUT2D eigenvalue weighted by molar-refractivity contribution is 6.31. The molecule has 2 aliphatic rings. The second-order valence-corrected chi connectivity index (χ2v) is 9.20. The second kappa shape index (κ2) is 8.54. The molecule has 0 saturated carbocycles. The Bertz CT molecular complexity index is 1020. The van der Waals surface area contributed by atoms with E-state index in [2.05, 4.69) is 28.0 Å². The Kier molecular flexibility index (Phi) is 5.64. The van der Waals surface area contributed by atoms with Crippen LogP contribution in [-0.2, 0) is 13.1 Å². The number of anilines is 1. The zero-order valence-electron chi connectivity index (χ0n) is 17.4. The molecule has 5 heteroatoms. The van der Waals surface area contributed by atoms with Gasteiger partial charge in [0.1, 0.15) is 0 Å². The van der Waals surface area contributed by atoms with Crippen LogP contribution in [0.1, 0.15) is 36.8 Å².